The summed E-state index contributed by atoms with van der Waals surface area (Å²) in [6.07, 6.45) is 5.80. The molecule has 0 unspecified atom stereocenters. The SMILES string of the molecule is Cn1c(=O)n(CCCON)c(=O)c2c1nc(OC1CCCCC1)n2Cc1ccc(Cl)cc1. The molecule has 0 aliphatic heterocycles. The van der Waals surface area contributed by atoms with Crippen LogP contribution in [0, 0.1) is 0 Å². The maximum atomic E-state index is 13.4. The molecule has 1 fully saturated rings. The minimum atomic E-state index is -0.431. The fraction of sp³-hybridized carbons (Fsp3) is 0.500. The average Bonchev–Trinajstić information content (AvgIpc) is 3.15. The summed E-state index contributed by atoms with van der Waals surface area (Å²) in [6.45, 7) is 0.812. The van der Waals surface area contributed by atoms with E-state index in [1.165, 1.54) is 15.6 Å². The van der Waals surface area contributed by atoms with E-state index in [-0.39, 0.29) is 19.3 Å². The first-order valence-corrected chi connectivity index (χ1v) is 11.3. The minimum absolute atomic E-state index is 0.0467. The number of rotatable bonds is 8. The molecular formula is C22H28ClN5O4. The van der Waals surface area contributed by atoms with Crippen molar-refractivity contribution in [3.63, 3.8) is 0 Å². The summed E-state index contributed by atoms with van der Waals surface area (Å²) in [5.41, 5.74) is 0.756. The van der Waals surface area contributed by atoms with Gasteiger partial charge < -0.3 is 9.57 Å². The van der Waals surface area contributed by atoms with Gasteiger partial charge in [-0.2, -0.15) is 4.98 Å². The van der Waals surface area contributed by atoms with Gasteiger partial charge in [0.25, 0.3) is 11.6 Å². The lowest BCUT2D eigenvalue weighted by Crippen LogP contribution is -2.40. The number of aromatic nitrogens is 4. The zero-order valence-electron chi connectivity index (χ0n) is 18.1. The summed E-state index contributed by atoms with van der Waals surface area (Å²) in [5.74, 6) is 5.09. The highest BCUT2D eigenvalue weighted by atomic mass is 35.5. The smallest absolute Gasteiger partial charge is 0.332 e. The Morgan fingerprint density at radius 3 is 2.53 bits per heavy atom. The molecule has 2 aromatic heterocycles. The van der Waals surface area contributed by atoms with E-state index in [2.05, 4.69) is 9.82 Å². The van der Waals surface area contributed by atoms with Gasteiger partial charge in [-0.1, -0.05) is 30.2 Å². The van der Waals surface area contributed by atoms with E-state index < -0.39 is 11.2 Å². The van der Waals surface area contributed by atoms with Crippen LogP contribution in [0.25, 0.3) is 11.2 Å². The highest BCUT2D eigenvalue weighted by molar-refractivity contribution is 6.30. The van der Waals surface area contributed by atoms with Crippen LogP contribution >= 0.6 is 11.6 Å². The standard InChI is InChI=1S/C22H28ClN5O4/c1-26-19-18(20(29)27(22(26)30)12-5-13-31-24)28(14-15-8-10-16(23)11-9-15)21(25-19)32-17-6-3-2-4-7-17/h8-11,17H,2-7,12-14,24H2,1H3. The van der Waals surface area contributed by atoms with E-state index in [9.17, 15) is 9.59 Å². The number of halogens is 1. The van der Waals surface area contributed by atoms with Crippen LogP contribution in [0.15, 0.2) is 33.9 Å². The molecule has 4 rings (SSSR count). The van der Waals surface area contributed by atoms with Gasteiger partial charge in [-0.3, -0.25) is 18.5 Å². The zero-order chi connectivity index (χ0) is 22.7. The van der Waals surface area contributed by atoms with Crippen molar-refractivity contribution in [1.82, 2.24) is 18.7 Å². The van der Waals surface area contributed by atoms with Gasteiger partial charge in [0, 0.05) is 18.6 Å². The van der Waals surface area contributed by atoms with Gasteiger partial charge >= 0.3 is 5.69 Å². The van der Waals surface area contributed by atoms with Crippen molar-refractivity contribution in [3.8, 4) is 6.01 Å². The van der Waals surface area contributed by atoms with Gasteiger partial charge in [0.1, 0.15) is 6.10 Å². The summed E-state index contributed by atoms with van der Waals surface area (Å²) in [4.78, 5) is 35.4. The third kappa shape index (κ3) is 4.60. The van der Waals surface area contributed by atoms with Crippen LogP contribution in [0.5, 0.6) is 6.01 Å². The molecule has 0 atom stereocenters. The van der Waals surface area contributed by atoms with E-state index in [1.54, 1.807) is 23.7 Å². The fourth-order valence-electron chi connectivity index (χ4n) is 4.20. The van der Waals surface area contributed by atoms with E-state index in [1.807, 2.05) is 12.1 Å². The first-order chi connectivity index (χ1) is 15.5. The van der Waals surface area contributed by atoms with Crippen molar-refractivity contribution in [2.45, 2.75) is 57.7 Å². The quantitative estimate of drug-likeness (QED) is 0.408. The number of benzene rings is 1. The summed E-state index contributed by atoms with van der Waals surface area (Å²) < 4.78 is 10.6. The maximum absolute atomic E-state index is 13.4. The first-order valence-electron chi connectivity index (χ1n) is 10.9. The molecular weight excluding hydrogens is 434 g/mol. The van der Waals surface area contributed by atoms with E-state index >= 15 is 0 Å². The first kappa shape index (κ1) is 22.6. The Kier molecular flexibility index (Phi) is 6.98. The maximum Gasteiger partial charge on any atom is 0.332 e. The van der Waals surface area contributed by atoms with E-state index in [0.29, 0.717) is 35.2 Å². The number of hydrogen-bond acceptors (Lipinski definition) is 6. The van der Waals surface area contributed by atoms with Crippen molar-refractivity contribution in [2.75, 3.05) is 6.61 Å². The molecule has 32 heavy (non-hydrogen) atoms. The van der Waals surface area contributed by atoms with Crippen molar-refractivity contribution in [2.24, 2.45) is 12.9 Å². The number of ether oxygens (including phenoxy) is 1. The van der Waals surface area contributed by atoms with Gasteiger partial charge in [-0.25, -0.2) is 10.7 Å². The lowest BCUT2D eigenvalue weighted by atomic mass is 9.98. The van der Waals surface area contributed by atoms with Crippen LogP contribution in [0.4, 0.5) is 0 Å². The molecule has 0 spiro atoms. The highest BCUT2D eigenvalue weighted by Gasteiger charge is 2.24. The van der Waals surface area contributed by atoms with Crippen molar-refractivity contribution >= 4 is 22.8 Å². The molecule has 3 aromatic rings. The van der Waals surface area contributed by atoms with Crippen molar-refractivity contribution < 1.29 is 9.57 Å². The molecule has 9 nitrogen and oxygen atoms in total. The summed E-state index contributed by atoms with van der Waals surface area (Å²) in [5, 5.41) is 0.634. The fourth-order valence-corrected chi connectivity index (χ4v) is 4.32. The molecule has 1 aliphatic rings. The Morgan fingerprint density at radius 1 is 1.12 bits per heavy atom. The van der Waals surface area contributed by atoms with Crippen molar-refractivity contribution in [1.29, 1.82) is 0 Å². The third-order valence-electron chi connectivity index (χ3n) is 5.92. The van der Waals surface area contributed by atoms with Crippen LogP contribution in [0.1, 0.15) is 44.1 Å². The average molecular weight is 462 g/mol. The number of nitrogens with zero attached hydrogens (tertiary/aromatic N) is 4. The largest absolute Gasteiger partial charge is 0.461 e. The van der Waals surface area contributed by atoms with Crippen LogP contribution in [0.2, 0.25) is 5.02 Å². The third-order valence-corrected chi connectivity index (χ3v) is 6.17. The number of aryl methyl sites for hydroxylation is 1. The number of imidazole rings is 1. The predicted molar refractivity (Wildman–Crippen MR) is 122 cm³/mol. The molecule has 10 heteroatoms. The molecule has 2 heterocycles. The van der Waals surface area contributed by atoms with E-state index in [0.717, 1.165) is 31.2 Å². The summed E-state index contributed by atoms with van der Waals surface area (Å²) in [7, 11) is 1.62. The van der Waals surface area contributed by atoms with Crippen LogP contribution in [-0.2, 0) is 25.0 Å². The van der Waals surface area contributed by atoms with Gasteiger partial charge in [-0.05, 0) is 49.8 Å². The molecule has 1 aromatic carbocycles. The normalized spacial score (nSPS) is 14.8. The van der Waals surface area contributed by atoms with Gasteiger partial charge in [0.05, 0.1) is 13.2 Å². The second kappa shape index (κ2) is 9.89. The molecule has 0 radical (unpaired) electrons. The molecule has 1 saturated carbocycles. The molecule has 0 saturated heterocycles. The number of fused-ring (bicyclic) bond motifs is 1. The zero-order valence-corrected chi connectivity index (χ0v) is 18.9. The second-order valence-electron chi connectivity index (χ2n) is 8.18. The number of nitrogens with two attached hydrogens (primary N) is 1. The Bertz CT molecular complexity index is 1190. The number of hydrogen-bond donors (Lipinski definition) is 1. The Morgan fingerprint density at radius 2 is 1.84 bits per heavy atom. The lowest BCUT2D eigenvalue weighted by Gasteiger charge is -2.22. The second-order valence-corrected chi connectivity index (χ2v) is 8.62. The van der Waals surface area contributed by atoms with Crippen LogP contribution in [0.3, 0.4) is 0 Å². The lowest BCUT2D eigenvalue weighted by molar-refractivity contribution is 0.131. The van der Waals surface area contributed by atoms with Gasteiger partial charge in [0.15, 0.2) is 11.2 Å². The topological polar surface area (TPSA) is 106 Å². The molecule has 0 amide bonds. The highest BCUT2D eigenvalue weighted by Crippen LogP contribution is 2.26. The van der Waals surface area contributed by atoms with Gasteiger partial charge in [-0.15, -0.1) is 0 Å². The minimum Gasteiger partial charge on any atom is -0.461 e. The molecule has 172 valence electrons. The predicted octanol–water partition coefficient (Wildman–Crippen LogP) is 2.59. The summed E-state index contributed by atoms with van der Waals surface area (Å²) >= 11 is 6.04. The molecule has 0 bridgehead atoms. The monoisotopic (exact) mass is 461 g/mol. The Hall–Kier alpha value is -2.62. The van der Waals surface area contributed by atoms with Crippen molar-refractivity contribution in [3.05, 3.63) is 55.7 Å². The van der Waals surface area contributed by atoms with Gasteiger partial charge in [0.2, 0.25) is 0 Å². The van der Waals surface area contributed by atoms with E-state index in [4.69, 9.17) is 22.2 Å². The Balaban J connectivity index is 1.84. The van der Waals surface area contributed by atoms with Crippen LogP contribution < -0.4 is 21.9 Å². The molecule has 1 aliphatic carbocycles. The molecule has 2 N–H and O–H groups in total. The Labute approximate surface area is 190 Å². The summed E-state index contributed by atoms with van der Waals surface area (Å²) in [6, 6.07) is 7.77. The van der Waals surface area contributed by atoms with Crippen LogP contribution in [-0.4, -0.2) is 31.4 Å².